The van der Waals surface area contributed by atoms with Gasteiger partial charge in [-0.3, -0.25) is 4.79 Å². The number of rotatable bonds is 4. The third kappa shape index (κ3) is 4.23. The summed E-state index contributed by atoms with van der Waals surface area (Å²) in [5.41, 5.74) is 2.01. The van der Waals surface area contributed by atoms with Gasteiger partial charge in [-0.15, -0.1) is 0 Å². The first-order valence-electron chi connectivity index (χ1n) is 14.3. The van der Waals surface area contributed by atoms with Crippen molar-refractivity contribution in [2.45, 2.75) is 117 Å². The van der Waals surface area contributed by atoms with E-state index in [9.17, 15) is 9.90 Å². The van der Waals surface area contributed by atoms with Crippen LogP contribution in [0.25, 0.3) is 0 Å². The number of likely N-dealkylation sites (tertiary alicyclic amines) is 1. The minimum atomic E-state index is -0.484. The Kier molecular flexibility index (Phi) is 6.28. The van der Waals surface area contributed by atoms with Crippen molar-refractivity contribution in [1.29, 1.82) is 0 Å². The largest absolute Gasteiger partial charge is 0.390 e. The average molecular weight is 456 g/mol. The van der Waals surface area contributed by atoms with Gasteiger partial charge in [-0.1, -0.05) is 38.3 Å². The minimum Gasteiger partial charge on any atom is -0.390 e. The Hall–Kier alpha value is -0.830. The van der Waals surface area contributed by atoms with Crippen molar-refractivity contribution < 1.29 is 9.90 Å². The summed E-state index contributed by atoms with van der Waals surface area (Å²) in [5.74, 6) is 4.65. The Morgan fingerprint density at radius 2 is 1.76 bits per heavy atom. The van der Waals surface area contributed by atoms with Crippen molar-refractivity contribution in [1.82, 2.24) is 4.90 Å². The van der Waals surface area contributed by atoms with Crippen molar-refractivity contribution in [3.05, 3.63) is 11.6 Å². The molecule has 4 aliphatic carbocycles. The van der Waals surface area contributed by atoms with Crippen molar-refractivity contribution in [3.63, 3.8) is 0 Å². The van der Waals surface area contributed by atoms with Crippen molar-refractivity contribution in [2.75, 3.05) is 13.1 Å². The monoisotopic (exact) mass is 455 g/mol. The number of fused-ring (bicyclic) bond motifs is 5. The number of carbonyl (C=O) groups excluding carboxylic acids is 1. The number of hydrogen-bond donors (Lipinski definition) is 1. The second kappa shape index (κ2) is 8.68. The van der Waals surface area contributed by atoms with Crippen LogP contribution in [0.2, 0.25) is 0 Å². The van der Waals surface area contributed by atoms with Gasteiger partial charge in [-0.25, -0.2) is 0 Å². The first kappa shape index (κ1) is 23.9. The molecule has 0 aromatic rings. The second-order valence-electron chi connectivity index (χ2n) is 13.6. The molecule has 3 heteroatoms. The summed E-state index contributed by atoms with van der Waals surface area (Å²) in [6, 6.07) is 0. The molecular weight excluding hydrogens is 406 g/mol. The van der Waals surface area contributed by atoms with Gasteiger partial charge in [-0.2, -0.15) is 0 Å². The Bertz CT molecular complexity index is 778. The predicted molar refractivity (Wildman–Crippen MR) is 135 cm³/mol. The molecular formula is C30H49NO2. The smallest absolute Gasteiger partial charge is 0.219 e. The maximum Gasteiger partial charge on any atom is 0.219 e. The molecule has 0 aromatic carbocycles. The molecule has 1 saturated heterocycles. The third-order valence-electron chi connectivity index (χ3n) is 11.8. The molecule has 4 fully saturated rings. The average Bonchev–Trinajstić information content (AvgIpc) is 3.11. The lowest BCUT2D eigenvalue weighted by atomic mass is 9.46. The van der Waals surface area contributed by atoms with E-state index in [1.807, 2.05) is 11.8 Å². The summed E-state index contributed by atoms with van der Waals surface area (Å²) >= 11 is 0. The maximum atomic E-state index is 11.6. The lowest BCUT2D eigenvalue weighted by Crippen LogP contribution is -2.51. The minimum absolute atomic E-state index is 0.256. The van der Waals surface area contributed by atoms with Crippen LogP contribution in [0.1, 0.15) is 111 Å². The number of allylic oxidation sites excluding steroid dienone is 1. The number of amides is 1. The van der Waals surface area contributed by atoms with E-state index in [-0.39, 0.29) is 5.91 Å². The highest BCUT2D eigenvalue weighted by Crippen LogP contribution is 2.67. The van der Waals surface area contributed by atoms with Crippen LogP contribution in [0, 0.1) is 40.4 Å². The van der Waals surface area contributed by atoms with Gasteiger partial charge in [0.05, 0.1) is 5.60 Å². The second-order valence-corrected chi connectivity index (χ2v) is 13.6. The molecule has 186 valence electrons. The number of piperidine rings is 1. The molecule has 0 bridgehead atoms. The van der Waals surface area contributed by atoms with E-state index in [0.717, 1.165) is 55.5 Å². The summed E-state index contributed by atoms with van der Waals surface area (Å²) in [6.07, 6.45) is 19.3. The SMILES string of the molecule is CC(=O)N1CCC(CCCC2CCC3C4CC=C5C[C@@](C)(O)CCC5(C)C4CCC23C)CC1. The van der Waals surface area contributed by atoms with Gasteiger partial charge in [0, 0.05) is 20.0 Å². The van der Waals surface area contributed by atoms with E-state index < -0.39 is 5.60 Å². The molecule has 6 unspecified atom stereocenters. The summed E-state index contributed by atoms with van der Waals surface area (Å²) in [6.45, 7) is 11.0. The normalized spacial score (nSPS) is 45.7. The number of hydrogen-bond acceptors (Lipinski definition) is 2. The molecule has 0 spiro atoms. The Morgan fingerprint density at radius 3 is 2.48 bits per heavy atom. The highest BCUT2D eigenvalue weighted by molar-refractivity contribution is 5.73. The van der Waals surface area contributed by atoms with Crippen LogP contribution in [-0.4, -0.2) is 34.6 Å². The molecule has 3 nitrogen and oxygen atoms in total. The lowest BCUT2D eigenvalue weighted by Gasteiger charge is -2.59. The van der Waals surface area contributed by atoms with Gasteiger partial charge < -0.3 is 10.0 Å². The zero-order valence-electron chi connectivity index (χ0n) is 21.9. The first-order valence-corrected chi connectivity index (χ1v) is 14.3. The molecule has 33 heavy (non-hydrogen) atoms. The molecule has 7 atom stereocenters. The molecule has 1 amide bonds. The van der Waals surface area contributed by atoms with Crippen LogP contribution in [0.15, 0.2) is 11.6 Å². The predicted octanol–water partition coefficient (Wildman–Crippen LogP) is 6.75. The number of carbonyl (C=O) groups is 1. The van der Waals surface area contributed by atoms with E-state index in [4.69, 9.17) is 0 Å². The van der Waals surface area contributed by atoms with Crippen LogP contribution in [0.3, 0.4) is 0 Å². The lowest BCUT2D eigenvalue weighted by molar-refractivity contribution is -0.130. The van der Waals surface area contributed by atoms with Crippen molar-refractivity contribution >= 4 is 5.91 Å². The van der Waals surface area contributed by atoms with E-state index in [2.05, 4.69) is 19.9 Å². The zero-order valence-corrected chi connectivity index (χ0v) is 21.9. The van der Waals surface area contributed by atoms with Crippen LogP contribution in [-0.2, 0) is 4.79 Å². The molecule has 1 aliphatic heterocycles. The summed E-state index contributed by atoms with van der Waals surface area (Å²) < 4.78 is 0. The summed E-state index contributed by atoms with van der Waals surface area (Å²) in [4.78, 5) is 13.6. The van der Waals surface area contributed by atoms with E-state index in [1.165, 1.54) is 70.6 Å². The standard InChI is InChI=1S/C30H49NO2/c1-21(32)31-18-13-22(14-19-31)6-5-7-23-9-11-26-25-10-8-24-20-28(2,33)16-17-30(24,4)27(25)12-15-29(23,26)3/h8,22-23,25-27,33H,5-7,9-20H2,1-4H3/t23?,25?,26?,27?,28-,29?,30?/m0/s1. The van der Waals surface area contributed by atoms with Crippen LogP contribution >= 0.6 is 0 Å². The fourth-order valence-corrected chi connectivity index (χ4v) is 9.58. The van der Waals surface area contributed by atoms with Crippen LogP contribution in [0.5, 0.6) is 0 Å². The highest BCUT2D eigenvalue weighted by atomic mass is 16.3. The van der Waals surface area contributed by atoms with Crippen molar-refractivity contribution in [3.8, 4) is 0 Å². The number of aliphatic hydroxyl groups is 1. The fourth-order valence-electron chi connectivity index (χ4n) is 9.58. The number of nitrogens with zero attached hydrogens (tertiary/aromatic N) is 1. The summed E-state index contributed by atoms with van der Waals surface area (Å²) in [5, 5.41) is 10.7. The van der Waals surface area contributed by atoms with Gasteiger partial charge in [0.2, 0.25) is 5.91 Å². The van der Waals surface area contributed by atoms with E-state index in [1.54, 1.807) is 12.5 Å². The Morgan fingerprint density at radius 1 is 1.00 bits per heavy atom. The van der Waals surface area contributed by atoms with E-state index in [0.29, 0.717) is 10.8 Å². The summed E-state index contributed by atoms with van der Waals surface area (Å²) in [7, 11) is 0. The molecule has 1 heterocycles. The molecule has 5 rings (SSSR count). The van der Waals surface area contributed by atoms with Crippen LogP contribution in [0.4, 0.5) is 0 Å². The molecule has 5 aliphatic rings. The van der Waals surface area contributed by atoms with Crippen molar-refractivity contribution in [2.24, 2.45) is 40.4 Å². The van der Waals surface area contributed by atoms with Gasteiger partial charge in [-0.05, 0) is 118 Å². The molecule has 0 radical (unpaired) electrons. The quantitative estimate of drug-likeness (QED) is 0.477. The molecule has 0 aromatic heterocycles. The highest BCUT2D eigenvalue weighted by Gasteiger charge is 2.58. The van der Waals surface area contributed by atoms with Gasteiger partial charge in [0.15, 0.2) is 0 Å². The zero-order chi connectivity index (χ0) is 23.4. The van der Waals surface area contributed by atoms with Gasteiger partial charge in [0.1, 0.15) is 0 Å². The molecule has 3 saturated carbocycles. The third-order valence-corrected chi connectivity index (χ3v) is 11.8. The Labute approximate surface area is 202 Å². The van der Waals surface area contributed by atoms with E-state index >= 15 is 0 Å². The van der Waals surface area contributed by atoms with Gasteiger partial charge in [0.25, 0.3) is 0 Å². The fraction of sp³-hybridized carbons (Fsp3) is 0.900. The first-order chi connectivity index (χ1) is 15.6. The Balaban J connectivity index is 1.19. The van der Waals surface area contributed by atoms with Crippen LogP contribution < -0.4 is 0 Å². The van der Waals surface area contributed by atoms with Gasteiger partial charge >= 0.3 is 0 Å². The maximum absolute atomic E-state index is 11.6. The molecule has 1 N–H and O–H groups in total. The topological polar surface area (TPSA) is 40.5 Å².